The summed E-state index contributed by atoms with van der Waals surface area (Å²) < 4.78 is 0. The number of hydrogen-bond donors (Lipinski definition) is 4. The fourth-order valence-corrected chi connectivity index (χ4v) is 2.04. The van der Waals surface area contributed by atoms with E-state index in [9.17, 15) is 20.1 Å². The van der Waals surface area contributed by atoms with Gasteiger partial charge in [-0.3, -0.25) is 4.79 Å². The fourth-order valence-electron chi connectivity index (χ4n) is 2.04. The molecule has 1 unspecified atom stereocenters. The Morgan fingerprint density at radius 3 is 2.38 bits per heavy atom. The van der Waals surface area contributed by atoms with Gasteiger partial charge in [0.1, 0.15) is 11.5 Å². The van der Waals surface area contributed by atoms with Crippen LogP contribution in [-0.4, -0.2) is 27.8 Å². The van der Waals surface area contributed by atoms with Crippen molar-refractivity contribution in [1.82, 2.24) is 5.32 Å². The molecule has 0 heterocycles. The summed E-state index contributed by atoms with van der Waals surface area (Å²) in [5.41, 5.74) is -0.189. The lowest BCUT2D eigenvalue weighted by Gasteiger charge is -2.29. The molecular formula is C16H17NO4. The van der Waals surface area contributed by atoms with E-state index in [2.05, 4.69) is 5.32 Å². The van der Waals surface area contributed by atoms with E-state index < -0.39 is 11.4 Å². The Labute approximate surface area is 122 Å². The number of carbonyl (C=O) groups is 1. The van der Waals surface area contributed by atoms with Gasteiger partial charge in [0.15, 0.2) is 0 Å². The lowest BCUT2D eigenvalue weighted by atomic mass is 9.92. The zero-order valence-corrected chi connectivity index (χ0v) is 11.6. The molecule has 0 bridgehead atoms. The van der Waals surface area contributed by atoms with Crippen molar-refractivity contribution >= 4 is 5.91 Å². The minimum Gasteiger partial charge on any atom is -0.508 e. The second kappa shape index (κ2) is 5.85. The normalized spacial score (nSPS) is 13.4. The highest BCUT2D eigenvalue weighted by atomic mass is 16.3. The summed E-state index contributed by atoms with van der Waals surface area (Å²) in [5.74, 6) is -0.981. The highest BCUT2D eigenvalue weighted by Crippen LogP contribution is 2.25. The summed E-state index contributed by atoms with van der Waals surface area (Å²) in [6.45, 7) is 1.40. The van der Waals surface area contributed by atoms with Crippen molar-refractivity contribution in [3.05, 3.63) is 59.7 Å². The highest BCUT2D eigenvalue weighted by Gasteiger charge is 2.28. The number of aliphatic hydroxyl groups is 1. The lowest BCUT2D eigenvalue weighted by Crippen LogP contribution is -2.46. The second-order valence-electron chi connectivity index (χ2n) is 5.01. The number of aliphatic hydroxyl groups excluding tert-OH is 1. The molecule has 1 amide bonds. The molecule has 0 saturated heterocycles. The quantitative estimate of drug-likeness (QED) is 0.689. The van der Waals surface area contributed by atoms with Crippen molar-refractivity contribution < 1.29 is 20.1 Å². The van der Waals surface area contributed by atoms with E-state index in [1.165, 1.54) is 12.1 Å². The third-order valence-electron chi connectivity index (χ3n) is 3.34. The summed E-state index contributed by atoms with van der Waals surface area (Å²) in [6, 6.07) is 12.8. The van der Waals surface area contributed by atoms with E-state index in [0.29, 0.717) is 0 Å². The van der Waals surface area contributed by atoms with Gasteiger partial charge >= 0.3 is 0 Å². The number of phenols is 2. The SMILES string of the molecule is CC(CO)(NC(=O)c1ccc(O)cc1O)c1ccccc1. The van der Waals surface area contributed by atoms with Crippen LogP contribution in [0.25, 0.3) is 0 Å². The maximum Gasteiger partial charge on any atom is 0.255 e. The summed E-state index contributed by atoms with van der Waals surface area (Å²) in [6.07, 6.45) is 0. The van der Waals surface area contributed by atoms with Crippen LogP contribution in [0.4, 0.5) is 0 Å². The van der Waals surface area contributed by atoms with Gasteiger partial charge in [-0.05, 0) is 24.6 Å². The predicted molar refractivity (Wildman–Crippen MR) is 78.1 cm³/mol. The minimum atomic E-state index is -0.970. The third kappa shape index (κ3) is 3.14. The van der Waals surface area contributed by atoms with Gasteiger partial charge in [0, 0.05) is 6.07 Å². The van der Waals surface area contributed by atoms with Crippen LogP contribution in [0.15, 0.2) is 48.5 Å². The molecule has 2 aromatic rings. The Kier molecular flexibility index (Phi) is 4.14. The Balaban J connectivity index is 2.28. The number of nitrogens with one attached hydrogen (secondary N) is 1. The molecule has 0 aliphatic carbocycles. The van der Waals surface area contributed by atoms with E-state index in [0.717, 1.165) is 11.6 Å². The van der Waals surface area contributed by atoms with Crippen LogP contribution in [0.2, 0.25) is 0 Å². The Morgan fingerprint density at radius 2 is 1.81 bits per heavy atom. The molecule has 2 aromatic carbocycles. The Hall–Kier alpha value is -2.53. The molecule has 0 aliphatic rings. The highest BCUT2D eigenvalue weighted by molar-refractivity contribution is 5.97. The van der Waals surface area contributed by atoms with Crippen molar-refractivity contribution in [2.75, 3.05) is 6.61 Å². The van der Waals surface area contributed by atoms with E-state index in [1.807, 2.05) is 18.2 Å². The number of amides is 1. The van der Waals surface area contributed by atoms with Crippen LogP contribution < -0.4 is 5.32 Å². The molecule has 21 heavy (non-hydrogen) atoms. The van der Waals surface area contributed by atoms with E-state index in [1.54, 1.807) is 19.1 Å². The van der Waals surface area contributed by atoms with E-state index in [4.69, 9.17) is 0 Å². The largest absolute Gasteiger partial charge is 0.508 e. The van der Waals surface area contributed by atoms with Gasteiger partial charge in [0.25, 0.3) is 5.91 Å². The first-order chi connectivity index (χ1) is 9.96. The number of benzene rings is 2. The molecular weight excluding hydrogens is 270 g/mol. The monoisotopic (exact) mass is 287 g/mol. The first-order valence-corrected chi connectivity index (χ1v) is 6.47. The topological polar surface area (TPSA) is 89.8 Å². The molecule has 0 saturated carbocycles. The van der Waals surface area contributed by atoms with Crippen molar-refractivity contribution in [2.45, 2.75) is 12.5 Å². The fraction of sp³-hybridized carbons (Fsp3) is 0.188. The van der Waals surface area contributed by atoms with Gasteiger partial charge in [0.05, 0.1) is 17.7 Å². The van der Waals surface area contributed by atoms with Gasteiger partial charge in [-0.1, -0.05) is 30.3 Å². The number of rotatable bonds is 4. The summed E-state index contributed by atoms with van der Waals surface area (Å²) in [5, 5.41) is 31.3. The van der Waals surface area contributed by atoms with Gasteiger partial charge in [-0.2, -0.15) is 0 Å². The molecule has 110 valence electrons. The number of carbonyl (C=O) groups excluding carboxylic acids is 1. The Bertz CT molecular complexity index is 642. The smallest absolute Gasteiger partial charge is 0.255 e. The van der Waals surface area contributed by atoms with Crippen molar-refractivity contribution in [3.8, 4) is 11.5 Å². The predicted octanol–water partition coefficient (Wildman–Crippen LogP) is 1.74. The standard InChI is InChI=1S/C16H17NO4/c1-16(10-18,11-5-3-2-4-6-11)17-15(21)13-8-7-12(19)9-14(13)20/h2-9,18-20H,10H2,1H3,(H,17,21). The van der Waals surface area contributed by atoms with Gasteiger partial charge in [0.2, 0.25) is 0 Å². The summed E-state index contributed by atoms with van der Waals surface area (Å²) in [7, 11) is 0. The average molecular weight is 287 g/mol. The van der Waals surface area contributed by atoms with Crippen LogP contribution in [-0.2, 0) is 5.54 Å². The molecule has 0 spiro atoms. The number of phenolic OH excluding ortho intramolecular Hbond substituents is 2. The molecule has 0 fully saturated rings. The first-order valence-electron chi connectivity index (χ1n) is 6.47. The molecule has 5 nitrogen and oxygen atoms in total. The molecule has 1 atom stereocenters. The van der Waals surface area contributed by atoms with Gasteiger partial charge < -0.3 is 20.6 Å². The van der Waals surface area contributed by atoms with Crippen LogP contribution in [0, 0.1) is 0 Å². The van der Waals surface area contributed by atoms with E-state index in [-0.39, 0.29) is 23.7 Å². The lowest BCUT2D eigenvalue weighted by molar-refractivity contribution is 0.0847. The maximum absolute atomic E-state index is 12.3. The molecule has 0 aliphatic heterocycles. The van der Waals surface area contributed by atoms with Crippen molar-refractivity contribution in [3.63, 3.8) is 0 Å². The average Bonchev–Trinajstić information content (AvgIpc) is 2.47. The first kappa shape index (κ1) is 14.9. The number of aromatic hydroxyl groups is 2. The zero-order chi connectivity index (χ0) is 15.5. The molecule has 2 rings (SSSR count). The van der Waals surface area contributed by atoms with Crippen molar-refractivity contribution in [2.24, 2.45) is 0 Å². The third-order valence-corrected chi connectivity index (χ3v) is 3.34. The van der Waals surface area contributed by atoms with Crippen LogP contribution in [0.1, 0.15) is 22.8 Å². The van der Waals surface area contributed by atoms with Crippen LogP contribution in [0.3, 0.4) is 0 Å². The number of hydrogen-bond acceptors (Lipinski definition) is 4. The second-order valence-corrected chi connectivity index (χ2v) is 5.01. The van der Waals surface area contributed by atoms with Crippen molar-refractivity contribution in [1.29, 1.82) is 0 Å². The summed E-state index contributed by atoms with van der Waals surface area (Å²) in [4.78, 5) is 12.3. The minimum absolute atomic E-state index is 0.0309. The van der Waals surface area contributed by atoms with Crippen LogP contribution >= 0.6 is 0 Å². The van der Waals surface area contributed by atoms with Gasteiger partial charge in [-0.25, -0.2) is 0 Å². The molecule has 0 aromatic heterocycles. The Morgan fingerprint density at radius 1 is 1.14 bits per heavy atom. The molecule has 0 radical (unpaired) electrons. The molecule has 5 heteroatoms. The van der Waals surface area contributed by atoms with Gasteiger partial charge in [-0.15, -0.1) is 0 Å². The van der Waals surface area contributed by atoms with E-state index >= 15 is 0 Å². The molecule has 4 N–H and O–H groups in total. The van der Waals surface area contributed by atoms with Crippen LogP contribution in [0.5, 0.6) is 11.5 Å². The maximum atomic E-state index is 12.3. The summed E-state index contributed by atoms with van der Waals surface area (Å²) >= 11 is 0. The zero-order valence-electron chi connectivity index (χ0n) is 11.6.